The van der Waals surface area contributed by atoms with E-state index in [1.807, 2.05) is 18.4 Å². The molecular weight excluding hydrogens is 416 g/mol. The fourth-order valence-corrected chi connectivity index (χ4v) is 4.61. The first kappa shape index (κ1) is 20.3. The summed E-state index contributed by atoms with van der Waals surface area (Å²) >= 11 is 2.85. The first-order chi connectivity index (χ1) is 14.5. The Labute approximate surface area is 182 Å². The lowest BCUT2D eigenvalue weighted by atomic mass is 10.0. The smallest absolute Gasteiger partial charge is 0.260 e. The van der Waals surface area contributed by atoms with Gasteiger partial charge in [-0.15, -0.1) is 11.3 Å². The molecule has 1 aromatic carbocycles. The average Bonchev–Trinajstić information content (AvgIpc) is 3.35. The lowest BCUT2D eigenvalue weighted by Crippen LogP contribution is -2.13. The molecule has 0 aliphatic heterocycles. The molecule has 0 unspecified atom stereocenters. The van der Waals surface area contributed by atoms with Gasteiger partial charge in [-0.05, 0) is 38.5 Å². The molecule has 0 atom stereocenters. The van der Waals surface area contributed by atoms with Crippen molar-refractivity contribution in [3.8, 4) is 11.3 Å². The Morgan fingerprint density at radius 3 is 2.83 bits per heavy atom. The molecule has 3 aromatic heterocycles. The van der Waals surface area contributed by atoms with E-state index in [1.54, 1.807) is 18.3 Å². The molecule has 30 heavy (non-hydrogen) atoms. The molecule has 152 valence electrons. The summed E-state index contributed by atoms with van der Waals surface area (Å²) in [5.41, 5.74) is 5.61. The van der Waals surface area contributed by atoms with Gasteiger partial charge in [-0.2, -0.15) is 0 Å². The molecule has 1 N–H and O–H groups in total. The summed E-state index contributed by atoms with van der Waals surface area (Å²) in [6.45, 7) is 5.98. The number of carbonyl (C=O) groups excluding carboxylic acids is 1. The summed E-state index contributed by atoms with van der Waals surface area (Å²) in [4.78, 5) is 21.8. The van der Waals surface area contributed by atoms with E-state index in [0.717, 1.165) is 28.3 Å². The van der Waals surface area contributed by atoms with Crippen LogP contribution < -0.4 is 5.32 Å². The van der Waals surface area contributed by atoms with E-state index in [0.29, 0.717) is 21.5 Å². The van der Waals surface area contributed by atoms with Crippen LogP contribution in [-0.4, -0.2) is 21.0 Å². The van der Waals surface area contributed by atoms with Crippen molar-refractivity contribution >= 4 is 34.1 Å². The van der Waals surface area contributed by atoms with E-state index in [9.17, 15) is 4.79 Å². The second kappa shape index (κ2) is 8.81. The van der Waals surface area contributed by atoms with Crippen LogP contribution in [0, 0.1) is 20.8 Å². The van der Waals surface area contributed by atoms with Crippen molar-refractivity contribution in [1.29, 1.82) is 0 Å². The van der Waals surface area contributed by atoms with Crippen molar-refractivity contribution in [2.24, 2.45) is 0 Å². The van der Waals surface area contributed by atoms with E-state index in [4.69, 9.17) is 4.52 Å². The first-order valence-corrected chi connectivity index (χ1v) is 11.2. The predicted molar refractivity (Wildman–Crippen MR) is 120 cm³/mol. The molecule has 0 bridgehead atoms. The number of thioether (sulfide) groups is 1. The number of hydrogen-bond acceptors (Lipinski definition) is 7. The van der Waals surface area contributed by atoms with Crippen LogP contribution in [0.3, 0.4) is 0 Å². The Kier molecular flexibility index (Phi) is 5.96. The van der Waals surface area contributed by atoms with Crippen LogP contribution in [0.4, 0.5) is 5.13 Å². The molecule has 4 aromatic rings. The number of benzene rings is 1. The number of thiazole rings is 1. The number of aryl methyl sites for hydroxylation is 3. The second-order valence-electron chi connectivity index (χ2n) is 6.88. The Bertz CT molecular complexity index is 1200. The predicted octanol–water partition coefficient (Wildman–Crippen LogP) is 5.66. The molecule has 0 radical (unpaired) electrons. The fourth-order valence-electron chi connectivity index (χ4n) is 3.03. The number of aromatic nitrogens is 3. The third-order valence-corrected chi connectivity index (χ3v) is 6.23. The molecule has 0 aliphatic rings. The highest BCUT2D eigenvalue weighted by Crippen LogP contribution is 2.29. The van der Waals surface area contributed by atoms with Gasteiger partial charge in [0.2, 0.25) is 0 Å². The standard InChI is InChI=1S/C22H20N4O2S2/c1-13-6-7-17(14(2)9-13)19-12-30-22(24-19)25-20(27)18-5-4-8-23-21(18)29-11-16-10-15(3)28-26-16/h4-10,12H,11H2,1-3H3,(H,24,25,27). The van der Waals surface area contributed by atoms with E-state index in [1.165, 1.54) is 28.7 Å². The van der Waals surface area contributed by atoms with Crippen molar-refractivity contribution in [2.45, 2.75) is 31.6 Å². The topological polar surface area (TPSA) is 80.9 Å². The first-order valence-electron chi connectivity index (χ1n) is 9.34. The maximum Gasteiger partial charge on any atom is 0.260 e. The number of carbonyl (C=O) groups is 1. The molecule has 4 rings (SSSR count). The SMILES string of the molecule is Cc1ccc(-c2csc(NC(=O)c3cccnc3SCc3cc(C)on3)n2)c(C)c1. The highest BCUT2D eigenvalue weighted by Gasteiger charge is 2.16. The van der Waals surface area contributed by atoms with Crippen molar-refractivity contribution in [2.75, 3.05) is 5.32 Å². The van der Waals surface area contributed by atoms with E-state index in [-0.39, 0.29) is 5.91 Å². The van der Waals surface area contributed by atoms with Gasteiger partial charge in [0.1, 0.15) is 10.8 Å². The maximum absolute atomic E-state index is 12.9. The zero-order valence-electron chi connectivity index (χ0n) is 16.8. The maximum atomic E-state index is 12.9. The zero-order valence-corrected chi connectivity index (χ0v) is 18.4. The van der Waals surface area contributed by atoms with Gasteiger partial charge in [-0.3, -0.25) is 10.1 Å². The fraction of sp³-hybridized carbons (Fsp3) is 0.182. The van der Waals surface area contributed by atoms with Gasteiger partial charge in [-0.1, -0.05) is 40.7 Å². The van der Waals surface area contributed by atoms with Crippen LogP contribution in [0.5, 0.6) is 0 Å². The zero-order chi connectivity index (χ0) is 21.1. The largest absolute Gasteiger partial charge is 0.361 e. The normalized spacial score (nSPS) is 10.9. The Hall–Kier alpha value is -2.97. The van der Waals surface area contributed by atoms with Crippen LogP contribution in [0.15, 0.2) is 57.5 Å². The number of rotatable bonds is 6. The van der Waals surface area contributed by atoms with Crippen LogP contribution >= 0.6 is 23.1 Å². The van der Waals surface area contributed by atoms with Crippen molar-refractivity contribution in [1.82, 2.24) is 15.1 Å². The third-order valence-electron chi connectivity index (χ3n) is 4.43. The minimum atomic E-state index is -0.233. The molecule has 0 saturated carbocycles. The number of nitrogens with one attached hydrogen (secondary N) is 1. The van der Waals surface area contributed by atoms with Crippen LogP contribution in [0.2, 0.25) is 0 Å². The summed E-state index contributed by atoms with van der Waals surface area (Å²) < 4.78 is 5.09. The third kappa shape index (κ3) is 4.60. The lowest BCUT2D eigenvalue weighted by Gasteiger charge is -2.07. The number of pyridine rings is 1. The molecule has 0 saturated heterocycles. The van der Waals surface area contributed by atoms with E-state index < -0.39 is 0 Å². The van der Waals surface area contributed by atoms with Crippen molar-refractivity contribution in [3.05, 3.63) is 76.1 Å². The highest BCUT2D eigenvalue weighted by atomic mass is 32.2. The van der Waals surface area contributed by atoms with Gasteiger partial charge < -0.3 is 4.52 Å². The van der Waals surface area contributed by atoms with Gasteiger partial charge in [0, 0.05) is 29.0 Å². The summed E-state index contributed by atoms with van der Waals surface area (Å²) in [5.74, 6) is 1.10. The number of hydrogen-bond donors (Lipinski definition) is 1. The minimum absolute atomic E-state index is 0.233. The Morgan fingerprint density at radius 2 is 2.07 bits per heavy atom. The molecule has 0 spiro atoms. The average molecular weight is 437 g/mol. The number of anilines is 1. The summed E-state index contributed by atoms with van der Waals surface area (Å²) in [6.07, 6.45) is 1.68. The monoisotopic (exact) mass is 436 g/mol. The summed E-state index contributed by atoms with van der Waals surface area (Å²) in [5, 5.41) is 10.0. The molecule has 8 heteroatoms. The second-order valence-corrected chi connectivity index (χ2v) is 8.71. The molecule has 6 nitrogen and oxygen atoms in total. The minimum Gasteiger partial charge on any atom is -0.361 e. The quantitative estimate of drug-likeness (QED) is 0.393. The molecule has 1 amide bonds. The van der Waals surface area contributed by atoms with Gasteiger partial charge in [0.15, 0.2) is 5.13 Å². The molecular formula is C22H20N4O2S2. The number of nitrogens with zero attached hydrogens (tertiary/aromatic N) is 3. The van der Waals surface area contributed by atoms with E-state index in [2.05, 4.69) is 52.5 Å². The van der Waals surface area contributed by atoms with Crippen molar-refractivity contribution in [3.63, 3.8) is 0 Å². The van der Waals surface area contributed by atoms with Crippen LogP contribution in [0.25, 0.3) is 11.3 Å². The lowest BCUT2D eigenvalue weighted by molar-refractivity contribution is 0.102. The molecule has 0 fully saturated rings. The van der Waals surface area contributed by atoms with Gasteiger partial charge in [0.05, 0.1) is 17.0 Å². The molecule has 0 aliphatic carbocycles. The van der Waals surface area contributed by atoms with E-state index >= 15 is 0 Å². The number of amides is 1. The van der Waals surface area contributed by atoms with Crippen LogP contribution in [0.1, 0.15) is 32.9 Å². The Balaban J connectivity index is 1.49. The van der Waals surface area contributed by atoms with Crippen molar-refractivity contribution < 1.29 is 9.32 Å². The van der Waals surface area contributed by atoms with Gasteiger partial charge in [0.25, 0.3) is 5.91 Å². The highest BCUT2D eigenvalue weighted by molar-refractivity contribution is 7.98. The summed E-state index contributed by atoms with van der Waals surface area (Å²) in [6, 6.07) is 11.6. The Morgan fingerprint density at radius 1 is 1.20 bits per heavy atom. The summed E-state index contributed by atoms with van der Waals surface area (Å²) in [7, 11) is 0. The van der Waals surface area contributed by atoms with Gasteiger partial charge in [-0.25, -0.2) is 9.97 Å². The van der Waals surface area contributed by atoms with Gasteiger partial charge >= 0.3 is 0 Å². The van der Waals surface area contributed by atoms with Crippen LogP contribution in [-0.2, 0) is 5.75 Å². The molecule has 3 heterocycles.